The highest BCUT2D eigenvalue weighted by atomic mass is 35.5. The van der Waals surface area contributed by atoms with Crippen LogP contribution >= 0.6 is 11.6 Å². The molecule has 2 atom stereocenters. The van der Waals surface area contributed by atoms with Crippen molar-refractivity contribution in [2.75, 3.05) is 40.0 Å². The van der Waals surface area contributed by atoms with E-state index in [4.69, 9.17) is 21.1 Å². The summed E-state index contributed by atoms with van der Waals surface area (Å²) in [6.45, 7) is 6.04. The molecule has 4 nitrogen and oxygen atoms in total. The number of nitrogens with zero attached hydrogens (tertiary/aromatic N) is 1. The summed E-state index contributed by atoms with van der Waals surface area (Å²) in [4.78, 5) is 2.37. The van der Waals surface area contributed by atoms with Crippen molar-refractivity contribution in [2.45, 2.75) is 24.9 Å². The van der Waals surface area contributed by atoms with E-state index in [2.05, 4.69) is 4.90 Å². The average Bonchev–Trinajstić information content (AvgIpc) is 2.73. The average molecular weight is 390 g/mol. The molecule has 1 heterocycles. The maximum atomic E-state index is 11.8. The summed E-state index contributed by atoms with van der Waals surface area (Å²) in [5.41, 5.74) is 1.00. The molecular formula is C22H28ClNO3. The Bertz CT molecular complexity index is 713. The molecule has 1 N–H and O–H groups in total. The lowest BCUT2D eigenvalue weighted by Crippen LogP contribution is -2.44. The number of methoxy groups -OCH3 is 1. The maximum absolute atomic E-state index is 11.8. The Morgan fingerprint density at radius 3 is 2.30 bits per heavy atom. The minimum Gasteiger partial charge on any atom is -0.497 e. The highest BCUT2D eigenvalue weighted by molar-refractivity contribution is 6.30. The number of benzene rings is 2. The van der Waals surface area contributed by atoms with E-state index in [-0.39, 0.29) is 5.92 Å². The van der Waals surface area contributed by atoms with Gasteiger partial charge in [0.05, 0.1) is 25.9 Å². The Labute approximate surface area is 166 Å². The first kappa shape index (κ1) is 20.2. The van der Waals surface area contributed by atoms with E-state index in [0.717, 1.165) is 49.7 Å². The van der Waals surface area contributed by atoms with Crippen molar-refractivity contribution in [3.63, 3.8) is 0 Å². The summed E-state index contributed by atoms with van der Waals surface area (Å²) >= 11 is 6.10. The fourth-order valence-electron chi connectivity index (χ4n) is 3.80. The number of ether oxygens (including phenoxy) is 2. The standard InChI is InChI=1S/C22H28ClNO3/c1-3-22(25,18-6-10-20(26-2)11-7-18)21(16-24-12-14-27-15-13-24)17-4-8-19(23)9-5-17/h4-11,21,25H,3,12-16H2,1-2H3/t21-,22+/m0/s1. The van der Waals surface area contributed by atoms with Gasteiger partial charge in [0.15, 0.2) is 0 Å². The van der Waals surface area contributed by atoms with E-state index in [1.807, 2.05) is 55.5 Å². The Balaban J connectivity index is 1.97. The topological polar surface area (TPSA) is 41.9 Å². The maximum Gasteiger partial charge on any atom is 0.118 e. The number of halogens is 1. The van der Waals surface area contributed by atoms with Gasteiger partial charge in [-0.15, -0.1) is 0 Å². The molecule has 1 saturated heterocycles. The van der Waals surface area contributed by atoms with E-state index < -0.39 is 5.60 Å². The highest BCUT2D eigenvalue weighted by Crippen LogP contribution is 2.41. The molecule has 2 aromatic carbocycles. The van der Waals surface area contributed by atoms with E-state index in [1.54, 1.807) is 7.11 Å². The van der Waals surface area contributed by atoms with Crippen molar-refractivity contribution in [3.8, 4) is 5.75 Å². The Hall–Kier alpha value is -1.59. The van der Waals surface area contributed by atoms with Crippen LogP contribution in [0, 0.1) is 0 Å². The molecule has 0 saturated carbocycles. The molecule has 3 rings (SSSR count). The lowest BCUT2D eigenvalue weighted by molar-refractivity contribution is -0.0250. The summed E-state index contributed by atoms with van der Waals surface area (Å²) in [6.07, 6.45) is 0.608. The Kier molecular flexibility index (Phi) is 6.77. The van der Waals surface area contributed by atoms with Gasteiger partial charge in [-0.3, -0.25) is 4.90 Å². The second-order valence-corrected chi connectivity index (χ2v) is 7.46. The SMILES string of the molecule is CC[C@@](O)(c1ccc(OC)cc1)[C@@H](CN1CCOCC1)c1ccc(Cl)cc1. The molecule has 27 heavy (non-hydrogen) atoms. The molecule has 0 aromatic heterocycles. The molecule has 1 aliphatic heterocycles. The third-order valence-corrected chi connectivity index (χ3v) is 5.77. The molecule has 2 aromatic rings. The predicted molar refractivity (Wildman–Crippen MR) is 109 cm³/mol. The van der Waals surface area contributed by atoms with E-state index in [9.17, 15) is 5.11 Å². The zero-order valence-electron chi connectivity index (χ0n) is 16.0. The molecule has 0 amide bonds. The summed E-state index contributed by atoms with van der Waals surface area (Å²) in [6, 6.07) is 15.6. The van der Waals surface area contributed by atoms with Crippen LogP contribution in [0.3, 0.4) is 0 Å². The van der Waals surface area contributed by atoms with Crippen LogP contribution in [0.2, 0.25) is 5.02 Å². The van der Waals surface area contributed by atoms with Gasteiger partial charge in [0.2, 0.25) is 0 Å². The number of hydrogen-bond donors (Lipinski definition) is 1. The smallest absolute Gasteiger partial charge is 0.118 e. The van der Waals surface area contributed by atoms with Gasteiger partial charge in [-0.2, -0.15) is 0 Å². The molecule has 0 radical (unpaired) electrons. The van der Waals surface area contributed by atoms with E-state index >= 15 is 0 Å². The van der Waals surface area contributed by atoms with Gasteiger partial charge < -0.3 is 14.6 Å². The van der Waals surface area contributed by atoms with Crippen molar-refractivity contribution >= 4 is 11.6 Å². The van der Waals surface area contributed by atoms with Crippen LogP contribution in [0.4, 0.5) is 0 Å². The summed E-state index contributed by atoms with van der Waals surface area (Å²) < 4.78 is 10.8. The fourth-order valence-corrected chi connectivity index (χ4v) is 3.93. The van der Waals surface area contributed by atoms with Crippen LogP contribution in [0.25, 0.3) is 0 Å². The van der Waals surface area contributed by atoms with Crippen molar-refractivity contribution < 1.29 is 14.6 Å². The minimum atomic E-state index is -0.988. The lowest BCUT2D eigenvalue weighted by Gasteiger charge is -2.40. The molecule has 1 fully saturated rings. The monoisotopic (exact) mass is 389 g/mol. The van der Waals surface area contributed by atoms with Gasteiger partial charge in [0.25, 0.3) is 0 Å². The summed E-state index contributed by atoms with van der Waals surface area (Å²) in [5, 5.41) is 12.5. The van der Waals surface area contributed by atoms with Crippen LogP contribution in [0.1, 0.15) is 30.4 Å². The third-order valence-electron chi connectivity index (χ3n) is 5.52. The number of aliphatic hydroxyl groups is 1. The van der Waals surface area contributed by atoms with Gasteiger partial charge in [-0.05, 0) is 41.8 Å². The summed E-state index contributed by atoms with van der Waals surface area (Å²) in [7, 11) is 1.65. The van der Waals surface area contributed by atoms with Gasteiger partial charge in [0, 0.05) is 30.6 Å². The second-order valence-electron chi connectivity index (χ2n) is 7.02. The van der Waals surface area contributed by atoms with Gasteiger partial charge >= 0.3 is 0 Å². The number of rotatable bonds is 7. The molecule has 0 unspecified atom stereocenters. The van der Waals surface area contributed by atoms with Gasteiger partial charge in [-0.1, -0.05) is 42.8 Å². The van der Waals surface area contributed by atoms with E-state index in [1.165, 1.54) is 0 Å². The van der Waals surface area contributed by atoms with E-state index in [0.29, 0.717) is 11.4 Å². The highest BCUT2D eigenvalue weighted by Gasteiger charge is 2.39. The molecule has 0 spiro atoms. The Morgan fingerprint density at radius 1 is 1.11 bits per heavy atom. The normalized spacial score (nSPS) is 18.7. The summed E-state index contributed by atoms with van der Waals surface area (Å²) in [5.74, 6) is 0.708. The van der Waals surface area contributed by atoms with Crippen LogP contribution in [-0.2, 0) is 10.3 Å². The van der Waals surface area contributed by atoms with Crippen LogP contribution < -0.4 is 4.74 Å². The van der Waals surface area contributed by atoms with Crippen molar-refractivity contribution in [1.82, 2.24) is 4.90 Å². The lowest BCUT2D eigenvalue weighted by atomic mass is 9.75. The molecule has 0 aliphatic carbocycles. The van der Waals surface area contributed by atoms with Gasteiger partial charge in [0.1, 0.15) is 5.75 Å². The predicted octanol–water partition coefficient (Wildman–Crippen LogP) is 4.06. The Morgan fingerprint density at radius 2 is 1.74 bits per heavy atom. The van der Waals surface area contributed by atoms with Crippen molar-refractivity contribution in [2.24, 2.45) is 0 Å². The van der Waals surface area contributed by atoms with Crippen molar-refractivity contribution in [1.29, 1.82) is 0 Å². The first-order valence-electron chi connectivity index (χ1n) is 9.49. The first-order chi connectivity index (χ1) is 13.1. The minimum absolute atomic E-state index is 0.0775. The molecule has 1 aliphatic rings. The number of hydrogen-bond acceptors (Lipinski definition) is 4. The van der Waals surface area contributed by atoms with Crippen LogP contribution in [0.15, 0.2) is 48.5 Å². The van der Waals surface area contributed by atoms with Crippen LogP contribution in [-0.4, -0.2) is 50.0 Å². The zero-order chi connectivity index (χ0) is 19.3. The molecule has 0 bridgehead atoms. The number of morpholine rings is 1. The quantitative estimate of drug-likeness (QED) is 0.775. The largest absolute Gasteiger partial charge is 0.497 e. The molecular weight excluding hydrogens is 362 g/mol. The fraction of sp³-hybridized carbons (Fsp3) is 0.455. The third kappa shape index (κ3) is 4.64. The van der Waals surface area contributed by atoms with Gasteiger partial charge in [-0.25, -0.2) is 0 Å². The zero-order valence-corrected chi connectivity index (χ0v) is 16.8. The first-order valence-corrected chi connectivity index (χ1v) is 9.87. The molecule has 146 valence electrons. The van der Waals surface area contributed by atoms with Crippen molar-refractivity contribution in [3.05, 3.63) is 64.7 Å². The van der Waals surface area contributed by atoms with Crippen LogP contribution in [0.5, 0.6) is 5.75 Å². The molecule has 5 heteroatoms. The second kappa shape index (κ2) is 9.07.